The van der Waals surface area contributed by atoms with E-state index in [4.69, 9.17) is 4.74 Å². The molecular formula is C25H24N4O3S3. The monoisotopic (exact) mass is 524 g/mol. The Morgan fingerprint density at radius 3 is 2.66 bits per heavy atom. The summed E-state index contributed by atoms with van der Waals surface area (Å²) in [5.41, 5.74) is 2.98. The maximum atomic E-state index is 12.9. The molecule has 4 aromatic rings. The van der Waals surface area contributed by atoms with E-state index in [1.54, 1.807) is 24.3 Å². The minimum atomic E-state index is -0.461. The number of ether oxygens (including phenoxy) is 1. The molecule has 0 aliphatic heterocycles. The van der Waals surface area contributed by atoms with Gasteiger partial charge >= 0.3 is 5.97 Å². The third-order valence-electron chi connectivity index (χ3n) is 4.96. The molecule has 4 rings (SSSR count). The van der Waals surface area contributed by atoms with Crippen molar-refractivity contribution in [1.29, 1.82) is 0 Å². The SMILES string of the molecule is C=CCn1c(SCC(=O)Nc2scc(-c3ccccc3)c2C(=O)OCC)nnc1-c1csc(C)c1. The normalized spacial score (nSPS) is 10.8. The molecule has 0 radical (unpaired) electrons. The molecule has 0 saturated heterocycles. The Morgan fingerprint density at radius 2 is 1.97 bits per heavy atom. The molecule has 3 aromatic heterocycles. The van der Waals surface area contributed by atoms with Gasteiger partial charge in [-0.1, -0.05) is 48.2 Å². The average Bonchev–Trinajstić information content (AvgIpc) is 3.57. The zero-order valence-corrected chi connectivity index (χ0v) is 21.8. The van der Waals surface area contributed by atoms with Crippen LogP contribution in [0.5, 0.6) is 0 Å². The van der Waals surface area contributed by atoms with Crippen LogP contribution in [-0.2, 0) is 16.1 Å². The van der Waals surface area contributed by atoms with E-state index >= 15 is 0 Å². The Morgan fingerprint density at radius 1 is 1.17 bits per heavy atom. The highest BCUT2D eigenvalue weighted by molar-refractivity contribution is 7.99. The number of nitrogens with zero attached hydrogens (tertiary/aromatic N) is 3. The van der Waals surface area contributed by atoms with Crippen LogP contribution in [0.25, 0.3) is 22.5 Å². The second-order valence-electron chi connectivity index (χ2n) is 7.43. The van der Waals surface area contributed by atoms with E-state index in [0.717, 1.165) is 22.5 Å². The van der Waals surface area contributed by atoms with Crippen LogP contribution in [0.4, 0.5) is 5.00 Å². The lowest BCUT2D eigenvalue weighted by atomic mass is 10.0. The van der Waals surface area contributed by atoms with E-state index < -0.39 is 5.97 Å². The second kappa shape index (κ2) is 11.5. The van der Waals surface area contributed by atoms with Crippen LogP contribution in [0.1, 0.15) is 22.2 Å². The number of carbonyl (C=O) groups excluding carboxylic acids is 2. The van der Waals surface area contributed by atoms with Gasteiger partial charge in [0.2, 0.25) is 5.91 Å². The first kappa shape index (κ1) is 24.9. The standard InChI is InChI=1S/C25H24N4O3S3/c1-4-11-29-22(18-12-16(3)33-13-18)27-28-25(29)35-15-20(30)26-23-21(24(31)32-5-2)19(14-34-23)17-9-7-6-8-10-17/h4,6-10,12-14H,1,5,11,15H2,2-3H3,(H,26,30). The van der Waals surface area contributed by atoms with Crippen LogP contribution in [0.15, 0.2) is 65.0 Å². The number of allylic oxidation sites excluding steroid dienone is 1. The summed E-state index contributed by atoms with van der Waals surface area (Å²) in [6.45, 7) is 8.40. The van der Waals surface area contributed by atoms with Crippen molar-refractivity contribution in [3.8, 4) is 22.5 Å². The number of amides is 1. The minimum Gasteiger partial charge on any atom is -0.462 e. The van der Waals surface area contributed by atoms with E-state index in [1.165, 1.54) is 28.0 Å². The Kier molecular flexibility index (Phi) is 8.17. The van der Waals surface area contributed by atoms with Crippen LogP contribution in [0.2, 0.25) is 0 Å². The lowest BCUT2D eigenvalue weighted by molar-refractivity contribution is -0.113. The Bertz CT molecular complexity index is 1340. The van der Waals surface area contributed by atoms with Gasteiger partial charge in [-0.05, 0) is 25.5 Å². The number of thiophene rings is 2. The molecule has 0 atom stereocenters. The summed E-state index contributed by atoms with van der Waals surface area (Å²) in [6.07, 6.45) is 1.78. The van der Waals surface area contributed by atoms with E-state index in [0.29, 0.717) is 22.3 Å². The number of benzene rings is 1. The third-order valence-corrected chi connectivity index (χ3v) is 7.68. The van der Waals surface area contributed by atoms with Crippen LogP contribution >= 0.6 is 34.4 Å². The van der Waals surface area contributed by atoms with Gasteiger partial charge < -0.3 is 10.1 Å². The first-order valence-electron chi connectivity index (χ1n) is 10.9. The molecule has 1 N–H and O–H groups in total. The lowest BCUT2D eigenvalue weighted by Gasteiger charge is -2.09. The summed E-state index contributed by atoms with van der Waals surface area (Å²) >= 11 is 4.24. The fraction of sp³-hybridized carbons (Fsp3) is 0.200. The molecule has 10 heteroatoms. The summed E-state index contributed by atoms with van der Waals surface area (Å²) in [5, 5.41) is 16.5. The van der Waals surface area contributed by atoms with Crippen molar-refractivity contribution in [2.24, 2.45) is 0 Å². The van der Waals surface area contributed by atoms with Crippen molar-refractivity contribution in [2.75, 3.05) is 17.7 Å². The molecule has 1 amide bonds. The number of nitrogens with one attached hydrogen (secondary N) is 1. The largest absolute Gasteiger partial charge is 0.462 e. The number of rotatable bonds is 10. The fourth-order valence-corrected chi connectivity index (χ4v) is 5.84. The lowest BCUT2D eigenvalue weighted by Crippen LogP contribution is -2.17. The van der Waals surface area contributed by atoms with Gasteiger partial charge in [0.1, 0.15) is 10.6 Å². The Hall–Kier alpha value is -3.21. The van der Waals surface area contributed by atoms with E-state index in [-0.39, 0.29) is 18.3 Å². The fourth-order valence-electron chi connectivity index (χ4n) is 3.44. The zero-order chi connectivity index (χ0) is 24.8. The predicted octanol–water partition coefficient (Wildman–Crippen LogP) is 6.14. The summed E-state index contributed by atoms with van der Waals surface area (Å²) in [5.74, 6) is 0.145. The summed E-state index contributed by atoms with van der Waals surface area (Å²) in [4.78, 5) is 26.8. The number of hydrogen-bond donors (Lipinski definition) is 1. The molecule has 0 saturated carbocycles. The number of anilines is 1. The van der Waals surface area contributed by atoms with Gasteiger partial charge in [-0.15, -0.1) is 39.4 Å². The van der Waals surface area contributed by atoms with Crippen molar-refractivity contribution in [2.45, 2.75) is 25.5 Å². The molecule has 0 fully saturated rings. The van der Waals surface area contributed by atoms with Gasteiger partial charge in [0.15, 0.2) is 11.0 Å². The third kappa shape index (κ3) is 5.72. The zero-order valence-electron chi connectivity index (χ0n) is 19.3. The van der Waals surface area contributed by atoms with Crippen molar-refractivity contribution >= 4 is 51.3 Å². The van der Waals surface area contributed by atoms with Crippen LogP contribution < -0.4 is 5.32 Å². The van der Waals surface area contributed by atoms with Gasteiger partial charge in [0, 0.05) is 33.3 Å². The van der Waals surface area contributed by atoms with E-state index in [1.807, 2.05) is 52.6 Å². The average molecular weight is 525 g/mol. The smallest absolute Gasteiger partial charge is 0.341 e. The molecule has 0 aliphatic rings. The number of esters is 1. The molecule has 35 heavy (non-hydrogen) atoms. The molecular weight excluding hydrogens is 501 g/mol. The molecule has 0 spiro atoms. The molecule has 0 unspecified atom stereocenters. The second-order valence-corrected chi connectivity index (χ2v) is 10.4. The summed E-state index contributed by atoms with van der Waals surface area (Å²) in [7, 11) is 0. The molecule has 0 bridgehead atoms. The number of thioether (sulfide) groups is 1. The maximum absolute atomic E-state index is 12.9. The van der Waals surface area contributed by atoms with Gasteiger partial charge in [-0.2, -0.15) is 0 Å². The Labute approximate surface area is 215 Å². The number of hydrogen-bond acceptors (Lipinski definition) is 8. The van der Waals surface area contributed by atoms with Crippen molar-refractivity contribution < 1.29 is 14.3 Å². The maximum Gasteiger partial charge on any atom is 0.341 e. The molecule has 0 aliphatic carbocycles. The molecule has 1 aromatic carbocycles. The van der Waals surface area contributed by atoms with Crippen molar-refractivity contribution in [1.82, 2.24) is 14.8 Å². The van der Waals surface area contributed by atoms with Gasteiger partial charge in [0.25, 0.3) is 0 Å². The van der Waals surface area contributed by atoms with Gasteiger partial charge in [-0.3, -0.25) is 9.36 Å². The van der Waals surface area contributed by atoms with Crippen LogP contribution in [0.3, 0.4) is 0 Å². The molecule has 3 heterocycles. The van der Waals surface area contributed by atoms with Crippen LogP contribution in [0, 0.1) is 6.92 Å². The minimum absolute atomic E-state index is 0.110. The van der Waals surface area contributed by atoms with Crippen molar-refractivity contribution in [3.63, 3.8) is 0 Å². The predicted molar refractivity (Wildman–Crippen MR) is 143 cm³/mol. The molecule has 7 nitrogen and oxygen atoms in total. The first-order chi connectivity index (χ1) is 17.0. The highest BCUT2D eigenvalue weighted by Crippen LogP contribution is 2.36. The molecule has 180 valence electrons. The highest BCUT2D eigenvalue weighted by Gasteiger charge is 2.23. The van der Waals surface area contributed by atoms with E-state index in [2.05, 4.69) is 28.2 Å². The Balaban J connectivity index is 1.51. The topological polar surface area (TPSA) is 86.1 Å². The summed E-state index contributed by atoms with van der Waals surface area (Å²) in [6, 6.07) is 11.6. The number of carbonyl (C=O) groups is 2. The van der Waals surface area contributed by atoms with Crippen molar-refractivity contribution in [3.05, 3.63) is 70.3 Å². The first-order valence-corrected chi connectivity index (χ1v) is 13.6. The van der Waals surface area contributed by atoms with Crippen LogP contribution in [-0.4, -0.2) is 39.0 Å². The quantitative estimate of drug-likeness (QED) is 0.152. The summed E-state index contributed by atoms with van der Waals surface area (Å²) < 4.78 is 7.21. The van der Waals surface area contributed by atoms with Gasteiger partial charge in [-0.25, -0.2) is 4.79 Å². The number of aromatic nitrogens is 3. The highest BCUT2D eigenvalue weighted by atomic mass is 32.2. The number of aryl methyl sites for hydroxylation is 1. The van der Waals surface area contributed by atoms with Gasteiger partial charge in [0.05, 0.1) is 12.4 Å². The van der Waals surface area contributed by atoms with E-state index in [9.17, 15) is 9.59 Å².